The molecule has 20 heavy (non-hydrogen) atoms. The van der Waals surface area contributed by atoms with Crippen molar-refractivity contribution in [3.05, 3.63) is 47.6 Å². The maximum atomic E-state index is 5.35. The molecule has 4 nitrogen and oxygen atoms in total. The second kappa shape index (κ2) is 6.18. The van der Waals surface area contributed by atoms with E-state index in [1.807, 2.05) is 19.3 Å². The minimum Gasteiger partial charge on any atom is -0.361 e. The molecule has 0 aromatic carbocycles. The van der Waals surface area contributed by atoms with Gasteiger partial charge in [-0.25, -0.2) is 0 Å². The molecule has 0 bridgehead atoms. The first-order chi connectivity index (χ1) is 9.81. The molecule has 2 aromatic rings. The highest BCUT2D eigenvalue weighted by molar-refractivity contribution is 5.10. The van der Waals surface area contributed by atoms with E-state index in [4.69, 9.17) is 4.52 Å². The minimum absolute atomic E-state index is 0.577. The molecular formula is C16H21N3O. The minimum atomic E-state index is 0.577. The van der Waals surface area contributed by atoms with Gasteiger partial charge in [0.1, 0.15) is 5.76 Å². The monoisotopic (exact) mass is 271 g/mol. The van der Waals surface area contributed by atoms with Gasteiger partial charge in [0, 0.05) is 37.5 Å². The van der Waals surface area contributed by atoms with Crippen LogP contribution in [0.3, 0.4) is 0 Å². The highest BCUT2D eigenvalue weighted by Crippen LogP contribution is 2.29. The standard InChI is InChI=1S/C16H21N3O/c1-12-9-15(20-19-12)10-14-3-2-4-16(14)18-11-13-5-7-17-8-6-13/h5-9,14,16,18H,2-4,10-11H2,1H3/t14-,16+/m0/s1. The van der Waals surface area contributed by atoms with E-state index in [9.17, 15) is 0 Å². The van der Waals surface area contributed by atoms with Gasteiger partial charge in [-0.3, -0.25) is 4.98 Å². The van der Waals surface area contributed by atoms with Crippen molar-refractivity contribution in [3.63, 3.8) is 0 Å². The zero-order chi connectivity index (χ0) is 13.8. The molecule has 2 atom stereocenters. The Hall–Kier alpha value is -1.68. The quantitative estimate of drug-likeness (QED) is 0.908. The number of hydrogen-bond donors (Lipinski definition) is 1. The lowest BCUT2D eigenvalue weighted by atomic mass is 9.97. The topological polar surface area (TPSA) is 51.0 Å². The van der Waals surface area contributed by atoms with Crippen LogP contribution in [-0.4, -0.2) is 16.2 Å². The Morgan fingerprint density at radius 1 is 1.30 bits per heavy atom. The van der Waals surface area contributed by atoms with Crippen LogP contribution in [0.4, 0.5) is 0 Å². The van der Waals surface area contributed by atoms with E-state index in [2.05, 4.69) is 33.7 Å². The van der Waals surface area contributed by atoms with Gasteiger partial charge in [-0.2, -0.15) is 0 Å². The molecule has 0 spiro atoms. The summed E-state index contributed by atoms with van der Waals surface area (Å²) in [5.74, 6) is 1.68. The van der Waals surface area contributed by atoms with E-state index >= 15 is 0 Å². The van der Waals surface area contributed by atoms with Crippen LogP contribution in [0.2, 0.25) is 0 Å². The molecule has 106 valence electrons. The fraction of sp³-hybridized carbons (Fsp3) is 0.500. The third-order valence-electron chi connectivity index (χ3n) is 4.12. The van der Waals surface area contributed by atoms with Crippen molar-refractivity contribution in [2.24, 2.45) is 5.92 Å². The molecule has 2 aromatic heterocycles. The first-order valence-corrected chi connectivity index (χ1v) is 7.36. The molecule has 3 rings (SSSR count). The van der Waals surface area contributed by atoms with E-state index in [1.54, 1.807) is 0 Å². The van der Waals surface area contributed by atoms with E-state index < -0.39 is 0 Å². The van der Waals surface area contributed by atoms with Gasteiger partial charge in [0.15, 0.2) is 0 Å². The van der Waals surface area contributed by atoms with Crippen molar-refractivity contribution in [1.29, 1.82) is 0 Å². The molecule has 0 saturated heterocycles. The molecular weight excluding hydrogens is 250 g/mol. The van der Waals surface area contributed by atoms with Gasteiger partial charge in [0.05, 0.1) is 5.69 Å². The first-order valence-electron chi connectivity index (χ1n) is 7.36. The van der Waals surface area contributed by atoms with Crippen molar-refractivity contribution in [1.82, 2.24) is 15.5 Å². The lowest BCUT2D eigenvalue weighted by Gasteiger charge is -2.20. The van der Waals surface area contributed by atoms with Crippen molar-refractivity contribution in [3.8, 4) is 0 Å². The zero-order valence-electron chi connectivity index (χ0n) is 11.9. The van der Waals surface area contributed by atoms with Gasteiger partial charge >= 0.3 is 0 Å². The summed E-state index contributed by atoms with van der Waals surface area (Å²) in [5.41, 5.74) is 2.26. The summed E-state index contributed by atoms with van der Waals surface area (Å²) in [5, 5.41) is 7.66. The molecule has 2 heterocycles. The summed E-state index contributed by atoms with van der Waals surface area (Å²) < 4.78 is 5.35. The van der Waals surface area contributed by atoms with Gasteiger partial charge < -0.3 is 9.84 Å². The van der Waals surface area contributed by atoms with E-state index in [0.29, 0.717) is 12.0 Å². The third-order valence-corrected chi connectivity index (χ3v) is 4.12. The van der Waals surface area contributed by atoms with Gasteiger partial charge in [-0.1, -0.05) is 11.6 Å². The summed E-state index contributed by atoms with van der Waals surface area (Å²) >= 11 is 0. The SMILES string of the molecule is Cc1cc(C[C@@H]2CCC[C@H]2NCc2ccncc2)on1. The molecule has 1 N–H and O–H groups in total. The van der Waals surface area contributed by atoms with Gasteiger partial charge in [-0.05, 0) is 43.4 Å². The van der Waals surface area contributed by atoms with Crippen LogP contribution in [0, 0.1) is 12.8 Å². The van der Waals surface area contributed by atoms with Crippen LogP contribution >= 0.6 is 0 Å². The van der Waals surface area contributed by atoms with Crippen LogP contribution in [0.25, 0.3) is 0 Å². The number of nitrogens with zero attached hydrogens (tertiary/aromatic N) is 2. The third kappa shape index (κ3) is 3.25. The van der Waals surface area contributed by atoms with Crippen LogP contribution in [-0.2, 0) is 13.0 Å². The van der Waals surface area contributed by atoms with E-state index in [0.717, 1.165) is 24.4 Å². The van der Waals surface area contributed by atoms with E-state index in [-0.39, 0.29) is 0 Å². The summed E-state index contributed by atoms with van der Waals surface area (Å²) in [7, 11) is 0. The fourth-order valence-electron chi connectivity index (χ4n) is 3.07. The van der Waals surface area contributed by atoms with Gasteiger partial charge in [-0.15, -0.1) is 0 Å². The molecule has 1 saturated carbocycles. The van der Waals surface area contributed by atoms with E-state index in [1.165, 1.54) is 24.8 Å². The number of nitrogens with one attached hydrogen (secondary N) is 1. The summed E-state index contributed by atoms with van der Waals surface area (Å²) in [6.45, 7) is 2.89. The predicted molar refractivity (Wildman–Crippen MR) is 77.1 cm³/mol. The summed E-state index contributed by atoms with van der Waals surface area (Å²) in [4.78, 5) is 4.05. The number of rotatable bonds is 5. The Balaban J connectivity index is 1.55. The lowest BCUT2D eigenvalue weighted by molar-refractivity contribution is 0.329. The number of hydrogen-bond acceptors (Lipinski definition) is 4. The molecule has 0 amide bonds. The van der Waals surface area contributed by atoms with Crippen LogP contribution in [0.1, 0.15) is 36.3 Å². The largest absolute Gasteiger partial charge is 0.361 e. The van der Waals surface area contributed by atoms with Gasteiger partial charge in [0.2, 0.25) is 0 Å². The Morgan fingerprint density at radius 3 is 2.90 bits per heavy atom. The molecule has 0 unspecified atom stereocenters. The van der Waals surface area contributed by atoms with Crippen molar-refractivity contribution in [2.45, 2.75) is 45.2 Å². The summed E-state index contributed by atoms with van der Waals surface area (Å²) in [6, 6.07) is 6.76. The molecule has 1 fully saturated rings. The summed E-state index contributed by atoms with van der Waals surface area (Å²) in [6.07, 6.45) is 8.51. The Morgan fingerprint density at radius 2 is 2.15 bits per heavy atom. The smallest absolute Gasteiger partial charge is 0.137 e. The lowest BCUT2D eigenvalue weighted by Crippen LogP contribution is -2.32. The highest BCUT2D eigenvalue weighted by Gasteiger charge is 2.27. The molecule has 0 radical (unpaired) electrons. The second-order valence-electron chi connectivity index (χ2n) is 5.67. The van der Waals surface area contributed by atoms with Crippen LogP contribution in [0.15, 0.2) is 35.1 Å². The van der Waals surface area contributed by atoms with Crippen LogP contribution < -0.4 is 5.32 Å². The predicted octanol–water partition coefficient (Wildman–Crippen LogP) is 2.88. The maximum absolute atomic E-state index is 5.35. The molecule has 1 aliphatic rings. The average Bonchev–Trinajstić information content (AvgIpc) is 3.07. The van der Waals surface area contributed by atoms with Crippen LogP contribution in [0.5, 0.6) is 0 Å². The molecule has 1 aliphatic carbocycles. The Bertz CT molecular complexity index is 538. The number of aromatic nitrogens is 2. The van der Waals surface area contributed by atoms with Crippen molar-refractivity contribution < 1.29 is 4.52 Å². The Labute approximate surface area is 119 Å². The fourth-order valence-corrected chi connectivity index (χ4v) is 3.07. The first kappa shape index (κ1) is 13.3. The Kier molecular flexibility index (Phi) is 4.11. The zero-order valence-corrected chi connectivity index (χ0v) is 11.9. The molecule has 4 heteroatoms. The van der Waals surface area contributed by atoms with Crippen molar-refractivity contribution >= 4 is 0 Å². The number of aryl methyl sites for hydroxylation is 1. The maximum Gasteiger partial charge on any atom is 0.137 e. The normalized spacial score (nSPS) is 22.2. The second-order valence-corrected chi connectivity index (χ2v) is 5.67. The highest BCUT2D eigenvalue weighted by atomic mass is 16.5. The van der Waals surface area contributed by atoms with Crippen molar-refractivity contribution in [2.75, 3.05) is 0 Å². The van der Waals surface area contributed by atoms with Gasteiger partial charge in [0.25, 0.3) is 0 Å². The number of pyridine rings is 1. The average molecular weight is 271 g/mol. The molecule has 0 aliphatic heterocycles.